The van der Waals surface area contributed by atoms with Gasteiger partial charge in [0.05, 0.1) is 23.0 Å². The van der Waals surface area contributed by atoms with E-state index in [1.165, 1.54) is 28.6 Å². The van der Waals surface area contributed by atoms with Gasteiger partial charge in [0.25, 0.3) is 11.8 Å². The van der Waals surface area contributed by atoms with Crippen LogP contribution in [0.15, 0.2) is 54.7 Å². The predicted molar refractivity (Wildman–Crippen MR) is 93.1 cm³/mol. The quantitative estimate of drug-likeness (QED) is 0.661. The molecule has 27 heavy (non-hydrogen) atoms. The number of carbonyl (C=O) groups is 3. The molecule has 0 aliphatic carbocycles. The fraction of sp³-hybridized carbons (Fsp3) is 0.105. The van der Waals surface area contributed by atoms with E-state index in [1.807, 2.05) is 24.3 Å². The standard InChI is InChI=1S/C19H14N4O4/c1-2-12-7-9-13(10-8-12)22-11-16(20-21-22)19(26)27-23-17(24)14-5-3-4-6-15(14)18(23)25/h3-11H,2H2,1H3. The minimum absolute atomic E-state index is 0.119. The summed E-state index contributed by atoms with van der Waals surface area (Å²) in [6, 6.07) is 13.9. The Balaban J connectivity index is 1.52. The molecule has 0 N–H and O–H groups in total. The van der Waals surface area contributed by atoms with E-state index >= 15 is 0 Å². The molecule has 4 rings (SSSR count). The number of imide groups is 1. The minimum atomic E-state index is -0.944. The lowest BCUT2D eigenvalue weighted by molar-refractivity contribution is -0.0588. The third kappa shape index (κ3) is 2.86. The van der Waals surface area contributed by atoms with Crippen LogP contribution in [0.3, 0.4) is 0 Å². The number of amides is 2. The van der Waals surface area contributed by atoms with Gasteiger partial charge in [-0.1, -0.05) is 41.5 Å². The number of hydrogen-bond donors (Lipinski definition) is 0. The highest BCUT2D eigenvalue weighted by Crippen LogP contribution is 2.23. The molecular formula is C19H14N4O4. The molecule has 2 aromatic carbocycles. The van der Waals surface area contributed by atoms with Crippen LogP contribution in [-0.4, -0.2) is 37.8 Å². The summed E-state index contributed by atoms with van der Waals surface area (Å²) in [5.74, 6) is -2.32. The smallest absolute Gasteiger partial charge is 0.322 e. The van der Waals surface area contributed by atoms with Crippen LogP contribution >= 0.6 is 0 Å². The number of carbonyl (C=O) groups excluding carboxylic acids is 3. The van der Waals surface area contributed by atoms with Crippen molar-refractivity contribution in [1.82, 2.24) is 20.1 Å². The monoisotopic (exact) mass is 362 g/mol. The average Bonchev–Trinajstić information content (AvgIpc) is 3.29. The first-order valence-electron chi connectivity index (χ1n) is 8.30. The molecule has 0 bridgehead atoms. The van der Waals surface area contributed by atoms with Gasteiger partial charge in [-0.25, -0.2) is 9.48 Å². The van der Waals surface area contributed by atoms with E-state index in [0.29, 0.717) is 5.06 Å². The number of aryl methyl sites for hydroxylation is 1. The molecule has 8 nitrogen and oxygen atoms in total. The van der Waals surface area contributed by atoms with Crippen molar-refractivity contribution < 1.29 is 19.2 Å². The largest absolute Gasteiger partial charge is 0.385 e. The molecule has 0 radical (unpaired) electrons. The third-order valence-corrected chi connectivity index (χ3v) is 4.24. The van der Waals surface area contributed by atoms with Crippen molar-refractivity contribution in [2.45, 2.75) is 13.3 Å². The molecule has 134 valence electrons. The lowest BCUT2D eigenvalue weighted by atomic mass is 10.1. The molecule has 2 amide bonds. The first-order valence-corrected chi connectivity index (χ1v) is 8.30. The lowest BCUT2D eigenvalue weighted by Crippen LogP contribution is -2.32. The van der Waals surface area contributed by atoms with Crippen LogP contribution in [0.25, 0.3) is 5.69 Å². The Morgan fingerprint density at radius 1 is 1.00 bits per heavy atom. The van der Waals surface area contributed by atoms with Crippen LogP contribution in [0.2, 0.25) is 0 Å². The molecule has 1 aliphatic rings. The Hall–Kier alpha value is -3.81. The van der Waals surface area contributed by atoms with Crippen molar-refractivity contribution in [2.24, 2.45) is 0 Å². The fourth-order valence-electron chi connectivity index (χ4n) is 2.75. The molecule has 1 aliphatic heterocycles. The summed E-state index contributed by atoms with van der Waals surface area (Å²) in [5, 5.41) is 8.10. The zero-order valence-electron chi connectivity index (χ0n) is 14.3. The zero-order valence-corrected chi connectivity index (χ0v) is 14.3. The molecule has 1 aromatic heterocycles. The van der Waals surface area contributed by atoms with Crippen LogP contribution < -0.4 is 0 Å². The van der Waals surface area contributed by atoms with E-state index in [1.54, 1.807) is 12.1 Å². The SMILES string of the molecule is CCc1ccc(-n2cc(C(=O)ON3C(=O)c4ccccc4C3=O)nn2)cc1. The molecular weight excluding hydrogens is 348 g/mol. The highest BCUT2D eigenvalue weighted by molar-refractivity contribution is 6.21. The summed E-state index contributed by atoms with van der Waals surface area (Å²) in [4.78, 5) is 41.8. The van der Waals surface area contributed by atoms with E-state index in [9.17, 15) is 14.4 Å². The number of aromatic nitrogens is 3. The van der Waals surface area contributed by atoms with Crippen LogP contribution in [0.1, 0.15) is 43.7 Å². The van der Waals surface area contributed by atoms with E-state index in [4.69, 9.17) is 4.84 Å². The van der Waals surface area contributed by atoms with E-state index in [2.05, 4.69) is 17.2 Å². The fourth-order valence-corrected chi connectivity index (χ4v) is 2.75. The Morgan fingerprint density at radius 2 is 1.63 bits per heavy atom. The molecule has 0 spiro atoms. The van der Waals surface area contributed by atoms with Crippen molar-refractivity contribution in [1.29, 1.82) is 0 Å². The van der Waals surface area contributed by atoms with Gasteiger partial charge in [-0.3, -0.25) is 9.59 Å². The zero-order chi connectivity index (χ0) is 19.0. The van der Waals surface area contributed by atoms with Gasteiger partial charge in [0.1, 0.15) is 0 Å². The van der Waals surface area contributed by atoms with Crippen LogP contribution in [0.4, 0.5) is 0 Å². The lowest BCUT2D eigenvalue weighted by Gasteiger charge is -2.11. The van der Waals surface area contributed by atoms with Crippen LogP contribution in [-0.2, 0) is 11.3 Å². The molecule has 0 saturated heterocycles. The number of hydroxylamine groups is 2. The van der Waals surface area contributed by atoms with Gasteiger partial charge in [0.15, 0.2) is 5.69 Å². The van der Waals surface area contributed by atoms with E-state index < -0.39 is 17.8 Å². The highest BCUT2D eigenvalue weighted by Gasteiger charge is 2.39. The van der Waals surface area contributed by atoms with Gasteiger partial charge in [0, 0.05) is 0 Å². The van der Waals surface area contributed by atoms with Gasteiger partial charge in [0.2, 0.25) is 0 Å². The summed E-state index contributed by atoms with van der Waals surface area (Å²) in [6.45, 7) is 2.05. The Morgan fingerprint density at radius 3 is 2.22 bits per heavy atom. The van der Waals surface area contributed by atoms with Gasteiger partial charge in [-0.15, -0.1) is 5.10 Å². The van der Waals surface area contributed by atoms with Crippen LogP contribution in [0, 0.1) is 0 Å². The molecule has 2 heterocycles. The normalized spacial score (nSPS) is 13.0. The number of fused-ring (bicyclic) bond motifs is 1. The molecule has 8 heteroatoms. The third-order valence-electron chi connectivity index (χ3n) is 4.24. The van der Waals surface area contributed by atoms with Gasteiger partial charge in [-0.05, 0) is 36.2 Å². The summed E-state index contributed by atoms with van der Waals surface area (Å²) >= 11 is 0. The number of rotatable bonds is 4. The molecule has 0 unspecified atom stereocenters. The maximum Gasteiger partial charge on any atom is 0.385 e. The Kier molecular flexibility index (Phi) is 4.00. The number of nitrogens with zero attached hydrogens (tertiary/aromatic N) is 4. The molecule has 3 aromatic rings. The van der Waals surface area contributed by atoms with E-state index in [0.717, 1.165) is 12.1 Å². The van der Waals surface area contributed by atoms with Gasteiger partial charge < -0.3 is 4.84 Å². The Bertz CT molecular complexity index is 1020. The van der Waals surface area contributed by atoms with E-state index in [-0.39, 0.29) is 16.8 Å². The molecule has 0 fully saturated rings. The second-order valence-corrected chi connectivity index (χ2v) is 5.90. The second kappa shape index (κ2) is 6.49. The maximum atomic E-state index is 12.3. The van der Waals surface area contributed by atoms with Gasteiger partial charge >= 0.3 is 5.97 Å². The first kappa shape index (κ1) is 16.6. The van der Waals surface area contributed by atoms with Gasteiger partial charge in [-0.2, -0.15) is 0 Å². The molecule has 0 saturated carbocycles. The minimum Gasteiger partial charge on any atom is -0.322 e. The van der Waals surface area contributed by atoms with Crippen molar-refractivity contribution in [3.8, 4) is 5.69 Å². The molecule has 0 atom stereocenters. The summed E-state index contributed by atoms with van der Waals surface area (Å²) < 4.78 is 1.42. The first-order chi connectivity index (χ1) is 13.1. The number of hydrogen-bond acceptors (Lipinski definition) is 6. The summed E-state index contributed by atoms with van der Waals surface area (Å²) in [6.07, 6.45) is 2.29. The number of benzene rings is 2. The topological polar surface area (TPSA) is 94.4 Å². The Labute approximate surface area is 153 Å². The van der Waals surface area contributed by atoms with Crippen LogP contribution in [0.5, 0.6) is 0 Å². The van der Waals surface area contributed by atoms with Crippen molar-refractivity contribution in [2.75, 3.05) is 0 Å². The second-order valence-electron chi connectivity index (χ2n) is 5.90. The van der Waals surface area contributed by atoms with Crippen molar-refractivity contribution >= 4 is 17.8 Å². The summed E-state index contributed by atoms with van der Waals surface area (Å²) in [5.41, 5.74) is 2.15. The summed E-state index contributed by atoms with van der Waals surface area (Å²) in [7, 11) is 0. The predicted octanol–water partition coefficient (Wildman–Crippen LogP) is 2.20. The maximum absolute atomic E-state index is 12.3. The average molecular weight is 362 g/mol. The van der Waals surface area contributed by atoms with Crippen molar-refractivity contribution in [3.05, 3.63) is 77.1 Å². The highest BCUT2D eigenvalue weighted by atomic mass is 16.7. The van der Waals surface area contributed by atoms with Crippen molar-refractivity contribution in [3.63, 3.8) is 0 Å².